The third kappa shape index (κ3) is 3.06. The summed E-state index contributed by atoms with van der Waals surface area (Å²) in [6.45, 7) is 8.12. The third-order valence-electron chi connectivity index (χ3n) is 3.71. The van der Waals surface area contributed by atoms with Crippen LogP contribution >= 0.6 is 0 Å². The predicted molar refractivity (Wildman–Crippen MR) is 77.4 cm³/mol. The highest BCUT2D eigenvalue weighted by molar-refractivity contribution is 5.93. The van der Waals surface area contributed by atoms with E-state index in [2.05, 4.69) is 31.1 Å². The van der Waals surface area contributed by atoms with E-state index in [1.165, 1.54) is 0 Å². The zero-order chi connectivity index (χ0) is 13.9. The SMILES string of the molecule is CCCNc1ccc(C(=O)N2CCCC2(C)C)nc1. The van der Waals surface area contributed by atoms with Gasteiger partial charge in [0, 0.05) is 18.6 Å². The molecule has 0 unspecified atom stereocenters. The van der Waals surface area contributed by atoms with Gasteiger partial charge in [0.05, 0.1) is 11.9 Å². The maximum Gasteiger partial charge on any atom is 0.272 e. The minimum Gasteiger partial charge on any atom is -0.384 e. The predicted octanol–water partition coefficient (Wildman–Crippen LogP) is 2.92. The van der Waals surface area contributed by atoms with Gasteiger partial charge in [-0.05, 0) is 45.2 Å². The van der Waals surface area contributed by atoms with E-state index in [0.29, 0.717) is 5.69 Å². The van der Waals surface area contributed by atoms with Crippen LogP contribution in [0, 0.1) is 0 Å². The quantitative estimate of drug-likeness (QED) is 0.906. The molecule has 0 bridgehead atoms. The number of nitrogens with one attached hydrogen (secondary N) is 1. The molecule has 0 radical (unpaired) electrons. The van der Waals surface area contributed by atoms with E-state index in [9.17, 15) is 4.79 Å². The van der Waals surface area contributed by atoms with E-state index < -0.39 is 0 Å². The van der Waals surface area contributed by atoms with Gasteiger partial charge in [-0.1, -0.05) is 6.92 Å². The summed E-state index contributed by atoms with van der Waals surface area (Å²) in [5.74, 6) is 0.0459. The van der Waals surface area contributed by atoms with Crippen LogP contribution in [-0.2, 0) is 0 Å². The summed E-state index contributed by atoms with van der Waals surface area (Å²) >= 11 is 0. The summed E-state index contributed by atoms with van der Waals surface area (Å²) < 4.78 is 0. The van der Waals surface area contributed by atoms with Crippen molar-refractivity contribution in [3.8, 4) is 0 Å². The molecule has 0 saturated carbocycles. The molecule has 1 aliphatic rings. The molecule has 1 saturated heterocycles. The number of rotatable bonds is 4. The lowest BCUT2D eigenvalue weighted by Gasteiger charge is -2.31. The van der Waals surface area contributed by atoms with Crippen molar-refractivity contribution in [2.75, 3.05) is 18.4 Å². The smallest absolute Gasteiger partial charge is 0.272 e. The monoisotopic (exact) mass is 261 g/mol. The van der Waals surface area contributed by atoms with Crippen molar-refractivity contribution >= 4 is 11.6 Å². The first-order valence-corrected chi connectivity index (χ1v) is 7.06. The number of hydrogen-bond acceptors (Lipinski definition) is 3. The average molecular weight is 261 g/mol. The minimum atomic E-state index is -0.0438. The Morgan fingerprint density at radius 3 is 2.79 bits per heavy atom. The van der Waals surface area contributed by atoms with Crippen molar-refractivity contribution in [1.29, 1.82) is 0 Å². The van der Waals surface area contributed by atoms with E-state index in [4.69, 9.17) is 0 Å². The van der Waals surface area contributed by atoms with E-state index in [0.717, 1.165) is 38.0 Å². The van der Waals surface area contributed by atoms with Crippen molar-refractivity contribution in [3.63, 3.8) is 0 Å². The van der Waals surface area contributed by atoms with Gasteiger partial charge in [0.25, 0.3) is 5.91 Å². The molecule has 4 nitrogen and oxygen atoms in total. The van der Waals surface area contributed by atoms with Crippen molar-refractivity contribution in [2.45, 2.75) is 45.6 Å². The fourth-order valence-corrected chi connectivity index (χ4v) is 2.52. The zero-order valence-electron chi connectivity index (χ0n) is 12.1. The minimum absolute atomic E-state index is 0.0438. The molecule has 1 amide bonds. The van der Waals surface area contributed by atoms with Gasteiger partial charge in [-0.2, -0.15) is 0 Å². The van der Waals surface area contributed by atoms with Crippen LogP contribution in [0.25, 0.3) is 0 Å². The van der Waals surface area contributed by atoms with Gasteiger partial charge in [0.1, 0.15) is 5.69 Å². The highest BCUT2D eigenvalue weighted by atomic mass is 16.2. The van der Waals surface area contributed by atoms with Crippen LogP contribution in [0.3, 0.4) is 0 Å². The second-order valence-corrected chi connectivity index (χ2v) is 5.73. The normalized spacial score (nSPS) is 17.5. The summed E-state index contributed by atoms with van der Waals surface area (Å²) in [5, 5.41) is 3.26. The second-order valence-electron chi connectivity index (χ2n) is 5.73. The number of anilines is 1. The van der Waals surface area contributed by atoms with Gasteiger partial charge in [-0.3, -0.25) is 4.79 Å². The Labute approximate surface area is 115 Å². The molecule has 1 aromatic heterocycles. The Morgan fingerprint density at radius 1 is 1.47 bits per heavy atom. The summed E-state index contributed by atoms with van der Waals surface area (Å²) in [6.07, 6.45) is 4.96. The molecular weight excluding hydrogens is 238 g/mol. The van der Waals surface area contributed by atoms with Crippen molar-refractivity contribution in [1.82, 2.24) is 9.88 Å². The molecule has 1 aliphatic heterocycles. The van der Waals surface area contributed by atoms with Crippen molar-refractivity contribution in [2.24, 2.45) is 0 Å². The van der Waals surface area contributed by atoms with Crippen LogP contribution < -0.4 is 5.32 Å². The first-order chi connectivity index (χ1) is 9.04. The molecular formula is C15H23N3O. The molecule has 19 heavy (non-hydrogen) atoms. The molecule has 1 fully saturated rings. The van der Waals surface area contributed by atoms with Crippen LogP contribution in [0.5, 0.6) is 0 Å². The number of carbonyl (C=O) groups is 1. The molecule has 0 atom stereocenters. The first-order valence-electron chi connectivity index (χ1n) is 7.06. The molecule has 4 heteroatoms. The summed E-state index contributed by atoms with van der Waals surface area (Å²) in [7, 11) is 0. The standard InChI is InChI=1S/C15H23N3O/c1-4-9-16-12-6-7-13(17-11-12)14(19)18-10-5-8-15(18,2)3/h6-7,11,16H,4-5,8-10H2,1-3H3. The lowest BCUT2D eigenvalue weighted by atomic mass is 10.0. The van der Waals surface area contributed by atoms with Crippen molar-refractivity contribution < 1.29 is 4.79 Å². The molecule has 104 valence electrons. The van der Waals surface area contributed by atoms with Crippen LogP contribution in [0.15, 0.2) is 18.3 Å². The highest BCUT2D eigenvalue weighted by Crippen LogP contribution is 2.29. The Bertz CT molecular complexity index is 439. The largest absolute Gasteiger partial charge is 0.384 e. The van der Waals surface area contributed by atoms with Gasteiger partial charge in [-0.15, -0.1) is 0 Å². The average Bonchev–Trinajstić information content (AvgIpc) is 2.76. The number of likely N-dealkylation sites (tertiary alicyclic amines) is 1. The van der Waals surface area contributed by atoms with Gasteiger partial charge >= 0.3 is 0 Å². The van der Waals surface area contributed by atoms with Gasteiger partial charge in [0.15, 0.2) is 0 Å². The number of aromatic nitrogens is 1. The lowest BCUT2D eigenvalue weighted by Crippen LogP contribution is -2.42. The molecule has 0 aliphatic carbocycles. The van der Waals surface area contributed by atoms with E-state index in [1.54, 1.807) is 6.20 Å². The number of pyridine rings is 1. The molecule has 2 heterocycles. The Kier molecular flexibility index (Phi) is 4.08. The number of carbonyl (C=O) groups excluding carboxylic acids is 1. The molecule has 0 aromatic carbocycles. The maximum absolute atomic E-state index is 12.4. The summed E-state index contributed by atoms with van der Waals surface area (Å²) in [5.41, 5.74) is 1.47. The first kappa shape index (κ1) is 13.8. The fourth-order valence-electron chi connectivity index (χ4n) is 2.52. The van der Waals surface area contributed by atoms with E-state index in [-0.39, 0.29) is 11.4 Å². The molecule has 2 rings (SSSR count). The molecule has 1 aromatic rings. The zero-order valence-corrected chi connectivity index (χ0v) is 12.1. The third-order valence-corrected chi connectivity index (χ3v) is 3.71. The number of nitrogens with zero attached hydrogens (tertiary/aromatic N) is 2. The maximum atomic E-state index is 12.4. The highest BCUT2D eigenvalue weighted by Gasteiger charge is 2.36. The van der Waals surface area contributed by atoms with Crippen LogP contribution in [0.4, 0.5) is 5.69 Å². The van der Waals surface area contributed by atoms with Crippen molar-refractivity contribution in [3.05, 3.63) is 24.0 Å². The molecule has 0 spiro atoms. The van der Waals surface area contributed by atoms with Gasteiger partial charge < -0.3 is 10.2 Å². The van der Waals surface area contributed by atoms with Gasteiger partial charge in [0.2, 0.25) is 0 Å². The van der Waals surface area contributed by atoms with Crippen LogP contribution in [0.1, 0.15) is 50.5 Å². The van der Waals surface area contributed by atoms with E-state index in [1.807, 2.05) is 17.0 Å². The lowest BCUT2D eigenvalue weighted by molar-refractivity contribution is 0.0646. The second kappa shape index (κ2) is 5.59. The Balaban J connectivity index is 2.07. The Hall–Kier alpha value is -1.58. The number of hydrogen-bond donors (Lipinski definition) is 1. The van der Waals surface area contributed by atoms with Gasteiger partial charge in [-0.25, -0.2) is 4.98 Å². The van der Waals surface area contributed by atoms with Crippen LogP contribution in [-0.4, -0.2) is 34.4 Å². The Morgan fingerprint density at radius 2 is 2.26 bits per heavy atom. The van der Waals surface area contributed by atoms with Crippen LogP contribution in [0.2, 0.25) is 0 Å². The molecule has 1 N–H and O–H groups in total. The van der Waals surface area contributed by atoms with E-state index >= 15 is 0 Å². The topological polar surface area (TPSA) is 45.2 Å². The number of amides is 1. The summed E-state index contributed by atoms with van der Waals surface area (Å²) in [6, 6.07) is 3.74. The summed E-state index contributed by atoms with van der Waals surface area (Å²) in [4.78, 5) is 18.7. The fraction of sp³-hybridized carbons (Fsp3) is 0.600.